The third-order valence-corrected chi connectivity index (χ3v) is 5.50. The first kappa shape index (κ1) is 25.6. The molecule has 0 saturated heterocycles. The zero-order valence-electron chi connectivity index (χ0n) is 17.2. The molecule has 0 aliphatic carbocycles. The third-order valence-electron chi connectivity index (χ3n) is 4.39. The van der Waals surface area contributed by atoms with Crippen LogP contribution in [0.25, 0.3) is 0 Å². The molecule has 0 saturated carbocycles. The Kier molecular flexibility index (Phi) is 7.45. The van der Waals surface area contributed by atoms with E-state index in [-0.39, 0.29) is 26.7 Å². The molecule has 2 aromatic rings. The van der Waals surface area contributed by atoms with E-state index in [1.807, 2.05) is 0 Å². The second-order valence-electron chi connectivity index (χ2n) is 8.15. The number of ether oxygens (including phenoxy) is 1. The van der Waals surface area contributed by atoms with Crippen LogP contribution >= 0.6 is 35.8 Å². The van der Waals surface area contributed by atoms with Gasteiger partial charge in [-0.2, -0.15) is 25.8 Å². The van der Waals surface area contributed by atoms with Crippen LogP contribution in [0, 0.1) is 6.92 Å². The average Bonchev–Trinajstić information content (AvgIpc) is 2.57. The molecule has 0 aromatic heterocycles. The molecule has 1 atom stereocenters. The van der Waals surface area contributed by atoms with Crippen molar-refractivity contribution in [2.24, 2.45) is 0 Å². The van der Waals surface area contributed by atoms with Crippen LogP contribution in [0.15, 0.2) is 36.4 Å². The van der Waals surface area contributed by atoms with E-state index in [0.717, 1.165) is 12.1 Å². The number of rotatable bonds is 5. The summed E-state index contributed by atoms with van der Waals surface area (Å²) in [5.74, 6) is -1.39. The number of thiol groups is 1. The molecule has 2 aromatic carbocycles. The number of esters is 1. The molecule has 9 heteroatoms. The van der Waals surface area contributed by atoms with E-state index in [0.29, 0.717) is 5.56 Å². The van der Waals surface area contributed by atoms with Crippen molar-refractivity contribution in [1.82, 2.24) is 0 Å². The number of alkyl halides is 3. The first-order valence-corrected chi connectivity index (χ1v) is 10.4. The van der Waals surface area contributed by atoms with Crippen molar-refractivity contribution in [2.75, 3.05) is 0 Å². The van der Waals surface area contributed by atoms with Gasteiger partial charge in [0.25, 0.3) is 0 Å². The van der Waals surface area contributed by atoms with Crippen molar-refractivity contribution in [3.05, 3.63) is 68.7 Å². The predicted molar refractivity (Wildman–Crippen MR) is 118 cm³/mol. The maximum Gasteiger partial charge on any atom is 0.407 e. The van der Waals surface area contributed by atoms with Gasteiger partial charge in [0, 0.05) is 22.0 Å². The highest BCUT2D eigenvalue weighted by molar-refractivity contribution is 7.81. The largest absolute Gasteiger partial charge is 0.456 e. The van der Waals surface area contributed by atoms with Crippen LogP contribution in [-0.4, -0.2) is 23.5 Å². The first-order chi connectivity index (χ1) is 14.0. The number of carbonyl (C=O) groups is 2. The van der Waals surface area contributed by atoms with Gasteiger partial charge in [0.05, 0.1) is 5.56 Å². The fraction of sp³-hybridized carbons (Fsp3) is 0.364. The summed E-state index contributed by atoms with van der Waals surface area (Å²) < 4.78 is 44.4. The lowest BCUT2D eigenvalue weighted by Gasteiger charge is -2.31. The first-order valence-electron chi connectivity index (χ1n) is 9.16. The molecule has 2 rings (SSSR count). The molecule has 0 fully saturated rings. The number of hydrogen-bond donors (Lipinski definition) is 1. The van der Waals surface area contributed by atoms with Gasteiger partial charge in [0.1, 0.15) is 10.3 Å². The summed E-state index contributed by atoms with van der Waals surface area (Å²) in [5.41, 5.74) is -0.408. The van der Waals surface area contributed by atoms with E-state index < -0.39 is 34.7 Å². The Hall–Kier alpha value is -1.70. The molecule has 0 radical (unpaired) electrons. The number of Topliss-reactive ketones (excluding diaryl/α,β-unsaturated/α-hetero) is 1. The fourth-order valence-corrected chi connectivity index (χ4v) is 3.69. The monoisotopic (exact) mass is 492 g/mol. The molecule has 3 nitrogen and oxygen atoms in total. The van der Waals surface area contributed by atoms with Crippen molar-refractivity contribution in [3.63, 3.8) is 0 Å². The van der Waals surface area contributed by atoms with Crippen LogP contribution in [-0.2, 0) is 9.48 Å². The summed E-state index contributed by atoms with van der Waals surface area (Å²) in [6.45, 7) is 6.71. The second-order valence-corrected chi connectivity index (χ2v) is 9.78. The zero-order valence-corrected chi connectivity index (χ0v) is 19.6. The summed E-state index contributed by atoms with van der Waals surface area (Å²) >= 11 is 15.6. The summed E-state index contributed by atoms with van der Waals surface area (Å²) in [5, 5.41) is -0.00892. The lowest BCUT2D eigenvalue weighted by Crippen LogP contribution is -2.39. The number of benzene rings is 2. The quantitative estimate of drug-likeness (QED) is 0.272. The van der Waals surface area contributed by atoms with Crippen molar-refractivity contribution in [1.29, 1.82) is 0 Å². The molecule has 1 unspecified atom stereocenters. The molecule has 0 aliphatic heterocycles. The van der Waals surface area contributed by atoms with E-state index in [4.69, 9.17) is 27.9 Å². The summed E-state index contributed by atoms with van der Waals surface area (Å²) in [7, 11) is 0. The maximum atomic E-state index is 14.0. The van der Waals surface area contributed by atoms with Gasteiger partial charge < -0.3 is 4.74 Å². The van der Waals surface area contributed by atoms with E-state index in [9.17, 15) is 22.8 Å². The molecule has 0 bridgehead atoms. The minimum absolute atomic E-state index is 0.00446. The van der Waals surface area contributed by atoms with Crippen molar-refractivity contribution in [2.45, 2.75) is 50.6 Å². The highest BCUT2D eigenvalue weighted by Crippen LogP contribution is 2.48. The molecule has 168 valence electrons. The van der Waals surface area contributed by atoms with Crippen LogP contribution in [0.1, 0.15) is 59.0 Å². The standard InChI is InChI=1S/C22H21Cl2F3O3S/c1-12-7-13(5-6-17(12)19(29)30-20(2,3)4)18(28)11-21(31,22(25,26)27)14-8-15(23)10-16(24)9-14/h5-10,31H,11H2,1-4H3. The minimum atomic E-state index is -4.87. The average molecular weight is 493 g/mol. The van der Waals surface area contributed by atoms with Crippen LogP contribution in [0.4, 0.5) is 13.2 Å². The predicted octanol–water partition coefficient (Wildman–Crippen LogP) is 7.22. The van der Waals surface area contributed by atoms with E-state index in [2.05, 4.69) is 12.6 Å². The summed E-state index contributed by atoms with van der Waals surface area (Å²) in [6, 6.07) is 7.47. The molecule has 0 aliphatic rings. The van der Waals surface area contributed by atoms with Crippen molar-refractivity contribution >= 4 is 47.6 Å². The lowest BCUT2D eigenvalue weighted by atomic mass is 9.89. The van der Waals surface area contributed by atoms with Crippen LogP contribution in [0.5, 0.6) is 0 Å². The Bertz CT molecular complexity index is 996. The number of hydrogen-bond acceptors (Lipinski definition) is 4. The SMILES string of the molecule is Cc1cc(C(=O)CC(S)(c2cc(Cl)cc(Cl)c2)C(F)(F)F)ccc1C(=O)OC(C)(C)C. The number of ketones is 1. The van der Waals surface area contributed by atoms with Gasteiger partial charge in [0.15, 0.2) is 5.78 Å². The van der Waals surface area contributed by atoms with Crippen molar-refractivity contribution < 1.29 is 27.5 Å². The Labute approximate surface area is 194 Å². The van der Waals surface area contributed by atoms with E-state index >= 15 is 0 Å². The third kappa shape index (κ3) is 6.18. The zero-order chi connectivity index (χ0) is 23.8. The van der Waals surface area contributed by atoms with Crippen molar-refractivity contribution in [3.8, 4) is 0 Å². The Balaban J connectivity index is 2.39. The van der Waals surface area contributed by atoms with Gasteiger partial charge in [-0.05, 0) is 69.2 Å². The van der Waals surface area contributed by atoms with Gasteiger partial charge in [0.2, 0.25) is 0 Å². The minimum Gasteiger partial charge on any atom is -0.456 e. The van der Waals surface area contributed by atoms with E-state index in [1.165, 1.54) is 24.3 Å². The smallest absolute Gasteiger partial charge is 0.407 e. The highest BCUT2D eigenvalue weighted by Gasteiger charge is 2.54. The van der Waals surface area contributed by atoms with Gasteiger partial charge in [-0.3, -0.25) is 4.79 Å². The molecule has 0 amide bonds. The maximum absolute atomic E-state index is 14.0. The van der Waals surface area contributed by atoms with Crippen LogP contribution in [0.3, 0.4) is 0 Å². The second kappa shape index (κ2) is 9.04. The van der Waals surface area contributed by atoms with Gasteiger partial charge in [-0.25, -0.2) is 4.79 Å². The number of halogens is 5. The highest BCUT2D eigenvalue weighted by atomic mass is 35.5. The van der Waals surface area contributed by atoms with Gasteiger partial charge in [-0.1, -0.05) is 29.3 Å². The molecule has 0 N–H and O–H groups in total. The number of aryl methyl sites for hydroxylation is 1. The van der Waals surface area contributed by atoms with Gasteiger partial charge >= 0.3 is 12.1 Å². The molecular formula is C22H21Cl2F3O3S. The summed E-state index contributed by atoms with van der Waals surface area (Å²) in [4.78, 5) is 25.1. The Morgan fingerprint density at radius 1 is 1.00 bits per heavy atom. The lowest BCUT2D eigenvalue weighted by molar-refractivity contribution is -0.160. The topological polar surface area (TPSA) is 43.4 Å². The Morgan fingerprint density at radius 3 is 2.00 bits per heavy atom. The molecular weight excluding hydrogens is 472 g/mol. The number of carbonyl (C=O) groups excluding carboxylic acids is 2. The Morgan fingerprint density at radius 2 is 1.55 bits per heavy atom. The van der Waals surface area contributed by atoms with Gasteiger partial charge in [-0.15, -0.1) is 0 Å². The fourth-order valence-electron chi connectivity index (χ4n) is 2.89. The summed E-state index contributed by atoms with van der Waals surface area (Å²) in [6.07, 6.45) is -5.85. The normalized spacial score (nSPS) is 14.1. The molecule has 0 heterocycles. The van der Waals surface area contributed by atoms with Crippen LogP contribution < -0.4 is 0 Å². The van der Waals surface area contributed by atoms with Crippen LogP contribution in [0.2, 0.25) is 10.0 Å². The molecule has 0 spiro atoms. The molecule has 31 heavy (non-hydrogen) atoms. The van der Waals surface area contributed by atoms with E-state index in [1.54, 1.807) is 27.7 Å².